The van der Waals surface area contributed by atoms with E-state index in [1.165, 1.54) is 17.3 Å². The maximum absolute atomic E-state index is 12.8. The Kier molecular flexibility index (Phi) is 6.55. The fraction of sp³-hybridized carbons (Fsp3) is 0.348. The van der Waals surface area contributed by atoms with E-state index in [4.69, 9.17) is 0 Å². The molecule has 0 fully saturated rings. The average Bonchev–Trinajstić information content (AvgIpc) is 3.42. The van der Waals surface area contributed by atoms with Gasteiger partial charge in [0.25, 0.3) is 0 Å². The third-order valence-electron chi connectivity index (χ3n) is 5.26. The summed E-state index contributed by atoms with van der Waals surface area (Å²) in [6, 6.07) is 15.8. The molecule has 9 heteroatoms. The minimum absolute atomic E-state index is 0.0983. The van der Waals surface area contributed by atoms with E-state index >= 15 is 0 Å². The van der Waals surface area contributed by atoms with E-state index in [0.717, 1.165) is 22.5 Å². The third-order valence-corrected chi connectivity index (χ3v) is 6.18. The Morgan fingerprint density at radius 2 is 1.84 bits per heavy atom. The van der Waals surface area contributed by atoms with Gasteiger partial charge >= 0.3 is 0 Å². The largest absolute Gasteiger partial charge is 0.345 e. The Bertz CT molecular complexity index is 1160. The summed E-state index contributed by atoms with van der Waals surface area (Å²) in [6.45, 7) is 8.43. The number of nitrogens with one attached hydrogen (secondary N) is 2. The Balaban J connectivity index is 1.43. The van der Waals surface area contributed by atoms with E-state index in [-0.39, 0.29) is 23.6 Å². The first-order valence-corrected chi connectivity index (χ1v) is 11.7. The van der Waals surface area contributed by atoms with Crippen LogP contribution in [0.1, 0.15) is 51.0 Å². The number of para-hydroxylation sites is 2. The first kappa shape index (κ1) is 22.0. The second-order valence-electron chi connectivity index (χ2n) is 8.34. The first-order chi connectivity index (χ1) is 15.4. The van der Waals surface area contributed by atoms with Gasteiger partial charge in [0, 0.05) is 0 Å². The first-order valence-electron chi connectivity index (χ1n) is 10.7. The molecule has 1 unspecified atom stereocenters. The molecule has 0 aliphatic carbocycles. The van der Waals surface area contributed by atoms with Gasteiger partial charge in [-0.25, -0.2) is 4.98 Å². The Labute approximate surface area is 191 Å². The van der Waals surface area contributed by atoms with Crippen LogP contribution in [0, 0.1) is 5.92 Å². The van der Waals surface area contributed by atoms with Crippen LogP contribution in [-0.4, -0.2) is 41.8 Å². The van der Waals surface area contributed by atoms with Crippen molar-refractivity contribution in [2.24, 2.45) is 5.92 Å². The lowest BCUT2D eigenvalue weighted by molar-refractivity contribution is -0.119. The van der Waals surface area contributed by atoms with Crippen LogP contribution in [0.15, 0.2) is 53.7 Å². The highest BCUT2D eigenvalue weighted by Crippen LogP contribution is 2.24. The number of amides is 1. The number of fused-ring (bicyclic) bond motifs is 1. The van der Waals surface area contributed by atoms with Crippen molar-refractivity contribution in [3.05, 3.63) is 59.9 Å². The molecule has 0 aliphatic heterocycles. The number of thioether (sulfide) groups is 1. The Morgan fingerprint density at radius 1 is 1.09 bits per heavy atom. The van der Waals surface area contributed by atoms with Crippen molar-refractivity contribution in [1.29, 1.82) is 0 Å². The van der Waals surface area contributed by atoms with Gasteiger partial charge in [0.15, 0.2) is 0 Å². The molecule has 2 heterocycles. The molecule has 1 amide bonds. The maximum Gasteiger partial charge on any atom is 0.231 e. The lowest BCUT2D eigenvalue weighted by Gasteiger charge is -2.20. The summed E-state index contributed by atoms with van der Waals surface area (Å²) >= 11 is 1.31. The van der Waals surface area contributed by atoms with Crippen LogP contribution >= 0.6 is 11.8 Å². The van der Waals surface area contributed by atoms with Gasteiger partial charge in [-0.15, -0.1) is 5.10 Å². The topological polar surface area (TPSA) is 101 Å². The number of tetrazole rings is 1. The van der Waals surface area contributed by atoms with Crippen LogP contribution in [-0.2, 0) is 4.79 Å². The summed E-state index contributed by atoms with van der Waals surface area (Å²) in [5.74, 6) is 1.49. The number of nitrogens with zero attached hydrogens (tertiary/aromatic N) is 5. The number of imidazole rings is 1. The van der Waals surface area contributed by atoms with Crippen LogP contribution in [0.3, 0.4) is 0 Å². The molecule has 4 rings (SSSR count). The number of hydrogen-bond donors (Lipinski definition) is 2. The van der Waals surface area contributed by atoms with E-state index in [1.54, 1.807) is 4.68 Å². The number of benzene rings is 2. The predicted molar refractivity (Wildman–Crippen MR) is 126 cm³/mol. The zero-order chi connectivity index (χ0) is 22.7. The summed E-state index contributed by atoms with van der Waals surface area (Å²) in [5.41, 5.74) is 3.96. The molecule has 32 heavy (non-hydrogen) atoms. The molecule has 1 atom stereocenters. The van der Waals surface area contributed by atoms with E-state index in [0.29, 0.717) is 11.1 Å². The smallest absolute Gasteiger partial charge is 0.231 e. The molecular weight excluding hydrogens is 422 g/mol. The molecular formula is C23H27N7OS. The van der Waals surface area contributed by atoms with Crippen molar-refractivity contribution < 1.29 is 4.79 Å². The number of hydrogen-bond acceptors (Lipinski definition) is 6. The Hall–Kier alpha value is -3.20. The second-order valence-corrected chi connectivity index (χ2v) is 9.28. The van der Waals surface area contributed by atoms with Gasteiger partial charge < -0.3 is 10.3 Å². The summed E-state index contributed by atoms with van der Waals surface area (Å²) < 4.78 is 1.65. The minimum Gasteiger partial charge on any atom is -0.345 e. The summed E-state index contributed by atoms with van der Waals surface area (Å²) in [4.78, 5) is 20.7. The number of aromatic amines is 1. The zero-order valence-electron chi connectivity index (χ0n) is 18.6. The molecule has 0 saturated carbocycles. The van der Waals surface area contributed by atoms with E-state index in [1.807, 2.05) is 36.4 Å². The Morgan fingerprint density at radius 3 is 2.53 bits per heavy atom. The summed E-state index contributed by atoms with van der Waals surface area (Å²) in [7, 11) is 0. The SMILES string of the molecule is CC(C)c1ccc(-n2nnnc2SCC(=O)NC(c2nc3ccccc3[nH]2)C(C)C)cc1. The highest BCUT2D eigenvalue weighted by atomic mass is 32.2. The van der Waals surface area contributed by atoms with Crippen molar-refractivity contribution >= 4 is 28.7 Å². The molecule has 0 aliphatic rings. The van der Waals surface area contributed by atoms with Crippen molar-refractivity contribution in [3.8, 4) is 5.69 Å². The standard InChI is InChI=1S/C23H27N7OS/c1-14(2)16-9-11-17(12-10-16)30-23(27-28-29-30)32-13-20(31)26-21(15(3)4)22-24-18-7-5-6-8-19(18)25-22/h5-12,14-15,21H,13H2,1-4H3,(H,24,25)(H,26,31). The monoisotopic (exact) mass is 449 g/mol. The fourth-order valence-corrected chi connectivity index (χ4v) is 4.15. The van der Waals surface area contributed by atoms with Gasteiger partial charge in [-0.3, -0.25) is 4.79 Å². The fourth-order valence-electron chi connectivity index (χ4n) is 3.45. The zero-order valence-corrected chi connectivity index (χ0v) is 19.4. The van der Waals surface area contributed by atoms with Gasteiger partial charge in [-0.2, -0.15) is 4.68 Å². The lowest BCUT2D eigenvalue weighted by Crippen LogP contribution is -2.33. The molecule has 0 saturated heterocycles. The molecule has 0 spiro atoms. The van der Waals surface area contributed by atoms with Crippen LogP contribution in [0.5, 0.6) is 0 Å². The van der Waals surface area contributed by atoms with Gasteiger partial charge in [0.05, 0.1) is 28.5 Å². The van der Waals surface area contributed by atoms with Gasteiger partial charge in [-0.1, -0.05) is 63.7 Å². The molecule has 166 valence electrons. The minimum atomic E-state index is -0.213. The summed E-state index contributed by atoms with van der Waals surface area (Å²) in [6.07, 6.45) is 0. The number of carbonyl (C=O) groups excluding carboxylic acids is 1. The number of H-pyrrole nitrogens is 1. The number of rotatable bonds is 8. The van der Waals surface area contributed by atoms with Crippen molar-refractivity contribution in [2.75, 3.05) is 5.75 Å². The van der Waals surface area contributed by atoms with E-state index in [2.05, 4.69) is 70.6 Å². The average molecular weight is 450 g/mol. The highest BCUT2D eigenvalue weighted by molar-refractivity contribution is 7.99. The van der Waals surface area contributed by atoms with Crippen LogP contribution in [0.4, 0.5) is 0 Å². The molecule has 4 aromatic rings. The maximum atomic E-state index is 12.8. The molecule has 2 N–H and O–H groups in total. The molecule has 0 radical (unpaired) electrons. The number of aromatic nitrogens is 6. The second kappa shape index (κ2) is 9.52. The van der Waals surface area contributed by atoms with E-state index < -0.39 is 0 Å². The highest BCUT2D eigenvalue weighted by Gasteiger charge is 2.22. The van der Waals surface area contributed by atoms with E-state index in [9.17, 15) is 4.79 Å². The molecule has 8 nitrogen and oxygen atoms in total. The van der Waals surface area contributed by atoms with Crippen molar-refractivity contribution in [3.63, 3.8) is 0 Å². The number of carbonyl (C=O) groups is 1. The van der Waals surface area contributed by atoms with Gasteiger partial charge in [0.2, 0.25) is 11.1 Å². The predicted octanol–water partition coefficient (Wildman–Crippen LogP) is 4.27. The van der Waals surface area contributed by atoms with Crippen LogP contribution in [0.25, 0.3) is 16.7 Å². The molecule has 0 bridgehead atoms. The molecule has 2 aromatic heterocycles. The third kappa shape index (κ3) is 4.83. The van der Waals surface area contributed by atoms with Crippen LogP contribution < -0.4 is 5.32 Å². The van der Waals surface area contributed by atoms with Crippen molar-refractivity contribution in [1.82, 2.24) is 35.5 Å². The lowest BCUT2D eigenvalue weighted by atomic mass is 10.0. The molecule has 2 aromatic carbocycles. The quantitative estimate of drug-likeness (QED) is 0.390. The van der Waals surface area contributed by atoms with Crippen LogP contribution in [0.2, 0.25) is 0 Å². The summed E-state index contributed by atoms with van der Waals surface area (Å²) in [5, 5.41) is 15.6. The van der Waals surface area contributed by atoms with Gasteiger partial charge in [0.1, 0.15) is 5.82 Å². The normalized spacial score (nSPS) is 12.6. The van der Waals surface area contributed by atoms with Gasteiger partial charge in [-0.05, 0) is 52.1 Å². The van der Waals surface area contributed by atoms with Crippen molar-refractivity contribution in [2.45, 2.75) is 44.8 Å².